The fourth-order valence-electron chi connectivity index (χ4n) is 6.98. The summed E-state index contributed by atoms with van der Waals surface area (Å²) in [5, 5.41) is 4.48. The number of benzene rings is 2. The largest absolute Gasteiger partial charge is 0.436 e. The molecule has 0 spiro atoms. The normalized spacial score (nSPS) is 19.1. The number of carbonyl (C=O) groups is 2. The molecule has 6 rings (SSSR count). The first-order valence-electron chi connectivity index (χ1n) is 16.4. The summed E-state index contributed by atoms with van der Waals surface area (Å²) in [6.45, 7) is 3.54. The third-order valence-electron chi connectivity index (χ3n) is 9.62. The molecule has 3 saturated heterocycles. The van der Waals surface area contributed by atoms with Gasteiger partial charge in [-0.1, -0.05) is 30.3 Å². The molecule has 15 heteroatoms. The number of halogens is 4. The van der Waals surface area contributed by atoms with Crippen LogP contribution in [-0.2, 0) is 22.1 Å². The first-order valence-corrected chi connectivity index (χ1v) is 17.1. The van der Waals surface area contributed by atoms with Crippen molar-refractivity contribution in [2.45, 2.75) is 69.3 Å². The van der Waals surface area contributed by atoms with Gasteiger partial charge in [-0.25, -0.2) is 14.3 Å². The number of anilines is 1. The maximum atomic E-state index is 13.9. The molecule has 48 heavy (non-hydrogen) atoms. The van der Waals surface area contributed by atoms with E-state index >= 15 is 0 Å². The lowest BCUT2D eigenvalue weighted by Gasteiger charge is -2.38. The predicted molar refractivity (Wildman–Crippen MR) is 176 cm³/mol. The third kappa shape index (κ3) is 7.56. The van der Waals surface area contributed by atoms with Gasteiger partial charge in [0.25, 0.3) is 5.91 Å². The number of amides is 2. The highest BCUT2D eigenvalue weighted by Crippen LogP contribution is 2.38. The second kappa shape index (κ2) is 14.3. The quantitative estimate of drug-likeness (QED) is 0.325. The van der Waals surface area contributed by atoms with Crippen molar-refractivity contribution in [2.24, 2.45) is 0 Å². The summed E-state index contributed by atoms with van der Waals surface area (Å²) in [4.78, 5) is 48.4. The molecular formula is C33H39BrF3N7O4. The minimum atomic E-state index is -4.71. The van der Waals surface area contributed by atoms with E-state index in [1.54, 1.807) is 4.90 Å². The van der Waals surface area contributed by atoms with Gasteiger partial charge in [0, 0.05) is 48.7 Å². The van der Waals surface area contributed by atoms with E-state index in [0.717, 1.165) is 37.6 Å². The number of alkyl halides is 3. The highest BCUT2D eigenvalue weighted by atomic mass is 79.9. The molecule has 3 aliphatic rings. The number of likely N-dealkylation sites (tertiary alicyclic amines) is 3. The van der Waals surface area contributed by atoms with Crippen LogP contribution in [0.2, 0.25) is 0 Å². The molecule has 0 unspecified atom stereocenters. The van der Waals surface area contributed by atoms with E-state index in [-0.39, 0.29) is 41.3 Å². The predicted octanol–water partition coefficient (Wildman–Crippen LogP) is 5.07. The van der Waals surface area contributed by atoms with Crippen LogP contribution < -0.4 is 11.4 Å². The van der Waals surface area contributed by atoms with Crippen molar-refractivity contribution in [1.29, 1.82) is 0 Å². The van der Waals surface area contributed by atoms with Gasteiger partial charge in [0.2, 0.25) is 0 Å². The summed E-state index contributed by atoms with van der Waals surface area (Å²) < 4.78 is 48.6. The van der Waals surface area contributed by atoms with Gasteiger partial charge in [-0.15, -0.1) is 5.10 Å². The summed E-state index contributed by atoms with van der Waals surface area (Å²) in [6, 6.07) is 11.7. The summed E-state index contributed by atoms with van der Waals surface area (Å²) in [6.07, 6.45) is -2.28. The molecule has 0 aliphatic carbocycles. The Kier molecular flexibility index (Phi) is 10.2. The smallest absolute Gasteiger partial charge is 0.418 e. The zero-order valence-electron chi connectivity index (χ0n) is 26.4. The van der Waals surface area contributed by atoms with Crippen molar-refractivity contribution in [3.8, 4) is 11.4 Å². The van der Waals surface area contributed by atoms with Crippen LogP contribution in [0, 0.1) is 0 Å². The zero-order chi connectivity index (χ0) is 34.0. The Morgan fingerprint density at radius 1 is 0.958 bits per heavy atom. The monoisotopic (exact) mass is 733 g/mol. The van der Waals surface area contributed by atoms with E-state index in [4.69, 9.17) is 10.5 Å². The number of hydrogen-bond donors (Lipinski definition) is 2. The highest BCUT2D eigenvalue weighted by Gasteiger charge is 2.37. The Morgan fingerprint density at radius 2 is 1.58 bits per heavy atom. The minimum Gasteiger partial charge on any atom is -0.436 e. The molecule has 0 radical (unpaired) electrons. The van der Waals surface area contributed by atoms with Crippen molar-refractivity contribution < 1.29 is 27.5 Å². The molecule has 3 N–H and O–H groups in total. The van der Waals surface area contributed by atoms with Crippen LogP contribution in [0.4, 0.5) is 23.7 Å². The van der Waals surface area contributed by atoms with Crippen LogP contribution in [-0.4, -0.2) is 92.9 Å². The van der Waals surface area contributed by atoms with Gasteiger partial charge in [0.1, 0.15) is 0 Å². The second-order valence-corrected chi connectivity index (χ2v) is 13.6. The van der Waals surface area contributed by atoms with Gasteiger partial charge in [0.05, 0.1) is 17.3 Å². The first-order chi connectivity index (χ1) is 23.0. The number of nitrogens with zero attached hydrogens (tertiary/aromatic N) is 5. The highest BCUT2D eigenvalue weighted by molar-refractivity contribution is 9.10. The van der Waals surface area contributed by atoms with E-state index < -0.39 is 35.5 Å². The number of aromatic amines is 1. The lowest BCUT2D eigenvalue weighted by molar-refractivity contribution is -0.142. The maximum Gasteiger partial charge on any atom is 0.418 e. The minimum absolute atomic E-state index is 0.0439. The zero-order valence-corrected chi connectivity index (χ0v) is 28.0. The van der Waals surface area contributed by atoms with Crippen LogP contribution in [0.15, 0.2) is 51.7 Å². The number of H-pyrrole nitrogens is 1. The van der Waals surface area contributed by atoms with E-state index in [1.165, 1.54) is 28.5 Å². The molecule has 3 fully saturated rings. The topological polar surface area (TPSA) is 130 Å². The van der Waals surface area contributed by atoms with Gasteiger partial charge in [-0.05, 0) is 85.2 Å². The molecule has 3 aliphatic heterocycles. The van der Waals surface area contributed by atoms with Crippen molar-refractivity contribution >= 4 is 33.6 Å². The molecule has 2 aromatic carbocycles. The fourth-order valence-corrected chi connectivity index (χ4v) is 7.49. The molecule has 3 aromatic rings. The molecule has 2 amide bonds. The average molecular weight is 735 g/mol. The van der Waals surface area contributed by atoms with Crippen molar-refractivity contribution in [1.82, 2.24) is 29.5 Å². The van der Waals surface area contributed by atoms with Gasteiger partial charge < -0.3 is 25.2 Å². The number of ether oxygens (including phenoxy) is 1. The van der Waals surface area contributed by atoms with Crippen molar-refractivity contribution in [2.75, 3.05) is 45.0 Å². The summed E-state index contributed by atoms with van der Waals surface area (Å²) in [5.41, 5.74) is 4.83. The Hall–Kier alpha value is -3.85. The Bertz CT molecular complexity index is 1660. The van der Waals surface area contributed by atoms with Crippen LogP contribution >= 0.6 is 15.9 Å². The Labute approximate surface area is 284 Å². The number of nitrogens with one attached hydrogen (secondary N) is 1. The molecule has 4 heterocycles. The average Bonchev–Trinajstić information content (AvgIpc) is 3.76. The van der Waals surface area contributed by atoms with Gasteiger partial charge >= 0.3 is 18.0 Å². The van der Waals surface area contributed by atoms with Crippen LogP contribution in [0.5, 0.6) is 0 Å². The molecular weight excluding hydrogens is 695 g/mol. The summed E-state index contributed by atoms with van der Waals surface area (Å²) in [7, 11) is 0. The SMILES string of the molecule is Nc1c(Br)cc(C[C@@H](OC(=O)N2CCC(n3nc(-c4ccccc4)[nH]c3=O)CC2)C(=O)N2CCC(N3CCCC3)CC2)cc1C(F)(F)F. The third-order valence-corrected chi connectivity index (χ3v) is 10.3. The van der Waals surface area contributed by atoms with E-state index in [9.17, 15) is 27.6 Å². The van der Waals surface area contributed by atoms with Crippen LogP contribution in [0.1, 0.15) is 55.7 Å². The van der Waals surface area contributed by atoms with Gasteiger partial charge in [-0.2, -0.15) is 13.2 Å². The number of carbonyl (C=O) groups excluding carboxylic acids is 2. The number of nitrogen functional groups attached to an aromatic ring is 1. The van der Waals surface area contributed by atoms with Crippen molar-refractivity contribution in [3.05, 3.63) is 68.5 Å². The van der Waals surface area contributed by atoms with E-state index in [0.29, 0.717) is 37.8 Å². The molecule has 258 valence electrons. The molecule has 1 aromatic heterocycles. The molecule has 0 saturated carbocycles. The lowest BCUT2D eigenvalue weighted by atomic mass is 10.00. The standard InChI is InChI=1S/C33H39BrF3N7O4/c34-26-19-21(18-25(28(26)38)33(35,36)37)20-27(30(45)42-14-8-23(9-15-42)41-12-4-5-13-41)48-32(47)43-16-10-24(11-17-43)44-31(46)39-29(40-44)22-6-2-1-3-7-22/h1-3,6-7,18-19,23-24,27H,4-5,8-17,20,38H2,(H,39,40,46)/t27-/m1/s1. The fraction of sp³-hybridized carbons (Fsp3) is 0.515. The second-order valence-electron chi connectivity index (χ2n) is 12.7. The number of nitrogens with two attached hydrogens (primary N) is 1. The molecule has 0 bridgehead atoms. The molecule has 11 nitrogen and oxygen atoms in total. The summed E-state index contributed by atoms with van der Waals surface area (Å²) in [5.74, 6) is 0.0207. The van der Waals surface area contributed by atoms with Gasteiger partial charge in [-0.3, -0.25) is 9.78 Å². The van der Waals surface area contributed by atoms with E-state index in [2.05, 4.69) is 30.9 Å². The Morgan fingerprint density at radius 3 is 2.23 bits per heavy atom. The number of rotatable bonds is 7. The number of hydrogen-bond acceptors (Lipinski definition) is 7. The number of aromatic nitrogens is 3. The Balaban J connectivity index is 1.15. The van der Waals surface area contributed by atoms with Crippen LogP contribution in [0.25, 0.3) is 11.4 Å². The summed E-state index contributed by atoms with van der Waals surface area (Å²) >= 11 is 3.12. The first kappa shape index (κ1) is 34.0. The van der Waals surface area contributed by atoms with Crippen molar-refractivity contribution in [3.63, 3.8) is 0 Å². The lowest BCUT2D eigenvalue weighted by Crippen LogP contribution is -2.51. The van der Waals surface area contributed by atoms with Crippen LogP contribution in [0.3, 0.4) is 0 Å². The molecule has 1 atom stereocenters. The van der Waals surface area contributed by atoms with Gasteiger partial charge in [0.15, 0.2) is 11.9 Å². The maximum absolute atomic E-state index is 13.9. The van der Waals surface area contributed by atoms with E-state index in [1.807, 2.05) is 30.3 Å². The number of piperidine rings is 2.